The van der Waals surface area contributed by atoms with Crippen LogP contribution in [-0.2, 0) is 14.3 Å². The summed E-state index contributed by atoms with van der Waals surface area (Å²) in [5.74, 6) is -0.451. The number of nitrogens with two attached hydrogens (primary N) is 1. The zero-order valence-electron chi connectivity index (χ0n) is 9.72. The van der Waals surface area contributed by atoms with E-state index in [1.807, 2.05) is 13.8 Å². The first-order chi connectivity index (χ1) is 6.21. The van der Waals surface area contributed by atoms with Gasteiger partial charge in [0.05, 0.1) is 12.2 Å². The van der Waals surface area contributed by atoms with Crippen LogP contribution in [0.25, 0.3) is 0 Å². The highest BCUT2D eigenvalue weighted by Crippen LogP contribution is 2.15. The average molecular weight is 203 g/mol. The van der Waals surface area contributed by atoms with E-state index >= 15 is 0 Å². The molecule has 0 unspecified atom stereocenters. The van der Waals surface area contributed by atoms with Gasteiger partial charge in [-0.25, -0.2) is 0 Å². The molecule has 0 heterocycles. The van der Waals surface area contributed by atoms with Gasteiger partial charge >= 0.3 is 0 Å². The molecule has 14 heavy (non-hydrogen) atoms. The highest BCUT2D eigenvalue weighted by atomic mass is 16.5. The lowest BCUT2D eigenvalue weighted by molar-refractivity contribution is -0.141. The standard InChI is InChI=1S/C10H21NO3/c1-9(2,13-5)6-7-14-10(3,4)8(11)12/h6-7H2,1-5H3,(H2,11,12). The SMILES string of the molecule is COC(C)(C)CCOC(C)(C)C(N)=O. The summed E-state index contributed by atoms with van der Waals surface area (Å²) in [5.41, 5.74) is 4.03. The summed E-state index contributed by atoms with van der Waals surface area (Å²) in [7, 11) is 1.65. The smallest absolute Gasteiger partial charge is 0.249 e. The summed E-state index contributed by atoms with van der Waals surface area (Å²) < 4.78 is 10.6. The molecular weight excluding hydrogens is 182 g/mol. The van der Waals surface area contributed by atoms with E-state index < -0.39 is 11.5 Å². The van der Waals surface area contributed by atoms with Crippen LogP contribution in [0.3, 0.4) is 0 Å². The maximum Gasteiger partial charge on any atom is 0.249 e. The van der Waals surface area contributed by atoms with Crippen molar-refractivity contribution in [3.8, 4) is 0 Å². The molecule has 0 aromatic heterocycles. The van der Waals surface area contributed by atoms with Crippen molar-refractivity contribution in [3.63, 3.8) is 0 Å². The van der Waals surface area contributed by atoms with Crippen LogP contribution in [0.4, 0.5) is 0 Å². The third-order valence-electron chi connectivity index (χ3n) is 2.31. The molecule has 0 fully saturated rings. The zero-order valence-corrected chi connectivity index (χ0v) is 9.72. The lowest BCUT2D eigenvalue weighted by Gasteiger charge is -2.26. The molecule has 0 spiro atoms. The summed E-state index contributed by atoms with van der Waals surface area (Å²) in [6.45, 7) is 7.71. The second kappa shape index (κ2) is 4.75. The Labute approximate surface area is 85.8 Å². The van der Waals surface area contributed by atoms with Crippen LogP contribution in [0.15, 0.2) is 0 Å². The maximum absolute atomic E-state index is 10.9. The Bertz CT molecular complexity index is 200. The first-order valence-electron chi connectivity index (χ1n) is 4.70. The minimum Gasteiger partial charge on any atom is -0.379 e. The molecule has 2 N–H and O–H groups in total. The molecule has 0 rings (SSSR count). The van der Waals surface area contributed by atoms with Crippen LogP contribution < -0.4 is 5.73 Å². The number of amides is 1. The molecule has 0 aliphatic carbocycles. The number of hydrogen-bond donors (Lipinski definition) is 1. The van der Waals surface area contributed by atoms with Crippen LogP contribution in [0.2, 0.25) is 0 Å². The van der Waals surface area contributed by atoms with Gasteiger partial charge in [0, 0.05) is 7.11 Å². The molecule has 0 aliphatic heterocycles. The summed E-state index contributed by atoms with van der Waals surface area (Å²) in [5, 5.41) is 0. The van der Waals surface area contributed by atoms with Gasteiger partial charge in [-0.3, -0.25) is 4.79 Å². The fourth-order valence-corrected chi connectivity index (χ4v) is 0.725. The third kappa shape index (κ3) is 4.58. The van der Waals surface area contributed by atoms with Gasteiger partial charge in [-0.15, -0.1) is 0 Å². The monoisotopic (exact) mass is 203 g/mol. The van der Waals surface area contributed by atoms with Crippen molar-refractivity contribution in [3.05, 3.63) is 0 Å². The molecule has 0 atom stereocenters. The summed E-state index contributed by atoms with van der Waals surface area (Å²) in [4.78, 5) is 10.9. The molecule has 0 saturated heterocycles. The molecule has 0 saturated carbocycles. The predicted molar refractivity (Wildman–Crippen MR) is 54.9 cm³/mol. The van der Waals surface area contributed by atoms with Crippen molar-refractivity contribution >= 4 is 5.91 Å². The second-order valence-electron chi connectivity index (χ2n) is 4.44. The van der Waals surface area contributed by atoms with Gasteiger partial charge in [-0.2, -0.15) is 0 Å². The molecule has 0 radical (unpaired) electrons. The highest BCUT2D eigenvalue weighted by molar-refractivity contribution is 5.82. The van der Waals surface area contributed by atoms with Crippen molar-refractivity contribution in [2.24, 2.45) is 5.73 Å². The van der Waals surface area contributed by atoms with Gasteiger partial charge in [0.1, 0.15) is 5.60 Å². The lowest BCUT2D eigenvalue weighted by Crippen LogP contribution is -2.41. The average Bonchev–Trinajstić information content (AvgIpc) is 2.03. The Morgan fingerprint density at radius 3 is 2.14 bits per heavy atom. The fourth-order valence-electron chi connectivity index (χ4n) is 0.725. The van der Waals surface area contributed by atoms with E-state index in [1.54, 1.807) is 21.0 Å². The quantitative estimate of drug-likeness (QED) is 0.702. The van der Waals surface area contributed by atoms with Gasteiger partial charge in [0.15, 0.2) is 0 Å². The number of carbonyl (C=O) groups excluding carboxylic acids is 1. The van der Waals surface area contributed by atoms with Gasteiger partial charge in [-0.05, 0) is 34.1 Å². The number of methoxy groups -OCH3 is 1. The van der Waals surface area contributed by atoms with E-state index in [0.29, 0.717) is 6.61 Å². The first-order valence-corrected chi connectivity index (χ1v) is 4.70. The lowest BCUT2D eigenvalue weighted by atomic mass is 10.1. The maximum atomic E-state index is 10.9. The molecule has 0 aromatic carbocycles. The van der Waals surface area contributed by atoms with E-state index in [0.717, 1.165) is 6.42 Å². The van der Waals surface area contributed by atoms with Crippen LogP contribution in [0, 0.1) is 0 Å². The molecule has 1 amide bonds. The topological polar surface area (TPSA) is 61.6 Å². The molecule has 0 bridgehead atoms. The van der Waals surface area contributed by atoms with E-state index in [2.05, 4.69) is 0 Å². The van der Waals surface area contributed by atoms with Crippen molar-refractivity contribution < 1.29 is 14.3 Å². The van der Waals surface area contributed by atoms with E-state index in [1.165, 1.54) is 0 Å². The Hall–Kier alpha value is -0.610. The Morgan fingerprint density at radius 2 is 1.79 bits per heavy atom. The Balaban J connectivity index is 3.91. The predicted octanol–water partition coefficient (Wildman–Crippen LogP) is 1.08. The van der Waals surface area contributed by atoms with Crippen molar-refractivity contribution in [1.29, 1.82) is 0 Å². The molecular formula is C10H21NO3. The van der Waals surface area contributed by atoms with Crippen LogP contribution >= 0.6 is 0 Å². The molecule has 4 heteroatoms. The second-order valence-corrected chi connectivity index (χ2v) is 4.44. The van der Waals surface area contributed by atoms with Crippen molar-refractivity contribution in [1.82, 2.24) is 0 Å². The first kappa shape index (κ1) is 13.4. The summed E-state index contributed by atoms with van der Waals surface area (Å²) in [6, 6.07) is 0. The van der Waals surface area contributed by atoms with E-state index in [9.17, 15) is 4.79 Å². The largest absolute Gasteiger partial charge is 0.379 e. The fraction of sp³-hybridized carbons (Fsp3) is 0.900. The molecule has 0 aliphatic rings. The minimum atomic E-state index is -0.899. The zero-order chi connectivity index (χ0) is 11.4. The highest BCUT2D eigenvalue weighted by Gasteiger charge is 2.26. The Morgan fingerprint density at radius 1 is 1.29 bits per heavy atom. The number of primary amides is 1. The number of hydrogen-bond acceptors (Lipinski definition) is 3. The summed E-state index contributed by atoms with van der Waals surface area (Å²) >= 11 is 0. The summed E-state index contributed by atoms with van der Waals surface area (Å²) in [6.07, 6.45) is 0.722. The molecule has 84 valence electrons. The van der Waals surface area contributed by atoms with Crippen LogP contribution in [-0.4, -0.2) is 30.8 Å². The minimum absolute atomic E-state index is 0.228. The van der Waals surface area contributed by atoms with Crippen LogP contribution in [0.5, 0.6) is 0 Å². The molecule has 4 nitrogen and oxygen atoms in total. The van der Waals surface area contributed by atoms with Crippen LogP contribution in [0.1, 0.15) is 34.1 Å². The van der Waals surface area contributed by atoms with Gasteiger partial charge in [0.2, 0.25) is 5.91 Å². The van der Waals surface area contributed by atoms with Gasteiger partial charge < -0.3 is 15.2 Å². The van der Waals surface area contributed by atoms with Crippen molar-refractivity contribution in [2.75, 3.05) is 13.7 Å². The van der Waals surface area contributed by atoms with E-state index in [-0.39, 0.29) is 5.60 Å². The Kier molecular flexibility index (Phi) is 4.55. The third-order valence-corrected chi connectivity index (χ3v) is 2.31. The number of rotatable bonds is 6. The number of carbonyl (C=O) groups is 1. The number of ether oxygens (including phenoxy) is 2. The van der Waals surface area contributed by atoms with E-state index in [4.69, 9.17) is 15.2 Å². The van der Waals surface area contributed by atoms with Gasteiger partial charge in [0.25, 0.3) is 0 Å². The van der Waals surface area contributed by atoms with Gasteiger partial charge in [-0.1, -0.05) is 0 Å². The normalized spacial score (nSPS) is 12.9. The van der Waals surface area contributed by atoms with Crippen molar-refractivity contribution in [2.45, 2.75) is 45.3 Å². The molecule has 0 aromatic rings.